The minimum Gasteiger partial charge on any atom is -0.497 e. The molecule has 0 bridgehead atoms. The summed E-state index contributed by atoms with van der Waals surface area (Å²) < 4.78 is 10.8. The molecule has 6 heteroatoms. The van der Waals surface area contributed by atoms with Gasteiger partial charge in [0, 0.05) is 13.1 Å². The van der Waals surface area contributed by atoms with E-state index in [9.17, 15) is 9.59 Å². The molecule has 0 spiro atoms. The smallest absolute Gasteiger partial charge is 0.261 e. The summed E-state index contributed by atoms with van der Waals surface area (Å²) in [5.41, 5.74) is 1.12. The molecule has 0 aliphatic carbocycles. The zero-order chi connectivity index (χ0) is 22.6. The molecule has 0 heterocycles. The van der Waals surface area contributed by atoms with Crippen molar-refractivity contribution in [2.24, 2.45) is 5.92 Å². The number of benzene rings is 2. The zero-order valence-electron chi connectivity index (χ0n) is 19.0. The molecular formula is C25H34N2O4. The Morgan fingerprint density at radius 2 is 1.65 bits per heavy atom. The highest BCUT2D eigenvalue weighted by Crippen LogP contribution is 2.17. The van der Waals surface area contributed by atoms with E-state index in [1.807, 2.05) is 51.1 Å². The molecule has 0 saturated heterocycles. The Morgan fingerprint density at radius 1 is 1.00 bits per heavy atom. The van der Waals surface area contributed by atoms with Gasteiger partial charge in [-0.3, -0.25) is 9.59 Å². The molecule has 0 aliphatic heterocycles. The maximum atomic E-state index is 13.1. The summed E-state index contributed by atoms with van der Waals surface area (Å²) >= 11 is 0. The summed E-state index contributed by atoms with van der Waals surface area (Å²) in [4.78, 5) is 27.6. The van der Waals surface area contributed by atoms with Crippen molar-refractivity contribution >= 4 is 11.8 Å². The Kier molecular flexibility index (Phi) is 9.88. The predicted molar refractivity (Wildman–Crippen MR) is 122 cm³/mol. The maximum absolute atomic E-state index is 13.1. The largest absolute Gasteiger partial charge is 0.497 e. The number of hydrogen-bond acceptors (Lipinski definition) is 4. The second-order valence-electron chi connectivity index (χ2n) is 7.85. The molecule has 6 nitrogen and oxygen atoms in total. The van der Waals surface area contributed by atoms with E-state index in [0.29, 0.717) is 37.6 Å². The first kappa shape index (κ1) is 24.3. The summed E-state index contributed by atoms with van der Waals surface area (Å²) in [5.74, 6) is 1.30. The van der Waals surface area contributed by atoms with Crippen LogP contribution in [0.15, 0.2) is 54.6 Å². The lowest BCUT2D eigenvalue weighted by atomic mass is 10.1. The summed E-state index contributed by atoms with van der Waals surface area (Å²) in [7, 11) is 1.60. The number of hydrogen-bond donors (Lipinski definition) is 1. The van der Waals surface area contributed by atoms with Gasteiger partial charge in [0.2, 0.25) is 5.91 Å². The number of rotatable bonds is 12. The predicted octanol–water partition coefficient (Wildman–Crippen LogP) is 3.70. The van der Waals surface area contributed by atoms with Crippen molar-refractivity contribution in [1.82, 2.24) is 10.2 Å². The van der Waals surface area contributed by atoms with Crippen LogP contribution in [0.3, 0.4) is 0 Å². The van der Waals surface area contributed by atoms with Crippen LogP contribution in [0.4, 0.5) is 0 Å². The first-order valence-corrected chi connectivity index (χ1v) is 10.8. The number of amides is 2. The van der Waals surface area contributed by atoms with E-state index in [4.69, 9.17) is 9.47 Å². The van der Waals surface area contributed by atoms with E-state index in [1.165, 1.54) is 0 Å². The fourth-order valence-corrected chi connectivity index (χ4v) is 3.22. The van der Waals surface area contributed by atoms with Gasteiger partial charge in [0.05, 0.1) is 7.11 Å². The van der Waals surface area contributed by atoms with Crippen LogP contribution in [0.5, 0.6) is 11.5 Å². The maximum Gasteiger partial charge on any atom is 0.261 e. The van der Waals surface area contributed by atoms with Gasteiger partial charge in [0.1, 0.15) is 17.5 Å². The molecule has 0 aliphatic rings. The lowest BCUT2D eigenvalue weighted by Crippen LogP contribution is -2.51. The van der Waals surface area contributed by atoms with Crippen molar-refractivity contribution in [3.8, 4) is 11.5 Å². The van der Waals surface area contributed by atoms with Crippen molar-refractivity contribution in [3.63, 3.8) is 0 Å². The third-order valence-electron chi connectivity index (χ3n) is 4.98. The van der Waals surface area contributed by atoms with Crippen molar-refractivity contribution in [1.29, 1.82) is 0 Å². The Morgan fingerprint density at radius 3 is 2.23 bits per heavy atom. The van der Waals surface area contributed by atoms with Crippen LogP contribution in [-0.4, -0.2) is 49.6 Å². The Bertz CT molecular complexity index is 806. The quantitative estimate of drug-likeness (QED) is 0.562. The van der Waals surface area contributed by atoms with Gasteiger partial charge in [-0.2, -0.15) is 0 Å². The monoisotopic (exact) mass is 426 g/mol. The second kappa shape index (κ2) is 12.6. The Labute approximate surface area is 185 Å². The van der Waals surface area contributed by atoms with Crippen LogP contribution < -0.4 is 14.8 Å². The number of carbonyl (C=O) groups is 2. The van der Waals surface area contributed by atoms with Gasteiger partial charge >= 0.3 is 0 Å². The molecule has 2 amide bonds. The minimum atomic E-state index is -0.533. The molecule has 2 rings (SSSR count). The van der Waals surface area contributed by atoms with Gasteiger partial charge in [0.15, 0.2) is 6.61 Å². The average molecular weight is 427 g/mol. The van der Waals surface area contributed by atoms with Crippen LogP contribution in [0.25, 0.3) is 0 Å². The van der Waals surface area contributed by atoms with Crippen molar-refractivity contribution in [2.45, 2.75) is 39.7 Å². The van der Waals surface area contributed by atoms with Gasteiger partial charge in [0.25, 0.3) is 5.91 Å². The van der Waals surface area contributed by atoms with Gasteiger partial charge in [-0.15, -0.1) is 0 Å². The molecule has 0 radical (unpaired) electrons. The molecule has 1 N–H and O–H groups in total. The molecular weight excluding hydrogens is 392 g/mol. The number of methoxy groups -OCH3 is 1. The van der Waals surface area contributed by atoms with Crippen LogP contribution in [0, 0.1) is 5.92 Å². The lowest BCUT2D eigenvalue weighted by Gasteiger charge is -2.30. The number of nitrogens with zero attached hydrogens (tertiary/aromatic N) is 1. The molecule has 0 unspecified atom stereocenters. The van der Waals surface area contributed by atoms with Gasteiger partial charge < -0.3 is 19.7 Å². The first-order valence-electron chi connectivity index (χ1n) is 10.8. The SMILES string of the molecule is CC[C@@H](C(=O)NCC(C)C)N(CCc1ccccc1)C(=O)COc1ccc(OC)cc1. The van der Waals surface area contributed by atoms with Gasteiger partial charge in [-0.05, 0) is 48.6 Å². The normalized spacial score (nSPS) is 11.6. The summed E-state index contributed by atoms with van der Waals surface area (Å²) in [6, 6.07) is 16.5. The summed E-state index contributed by atoms with van der Waals surface area (Å²) in [5, 5.41) is 2.97. The number of nitrogens with one attached hydrogen (secondary N) is 1. The third kappa shape index (κ3) is 7.96. The third-order valence-corrected chi connectivity index (χ3v) is 4.98. The average Bonchev–Trinajstić information content (AvgIpc) is 2.79. The molecule has 0 saturated carbocycles. The van der Waals surface area contributed by atoms with E-state index in [0.717, 1.165) is 11.3 Å². The fraction of sp³-hybridized carbons (Fsp3) is 0.440. The highest BCUT2D eigenvalue weighted by atomic mass is 16.5. The highest BCUT2D eigenvalue weighted by Gasteiger charge is 2.28. The van der Waals surface area contributed by atoms with Crippen LogP contribution in [0.2, 0.25) is 0 Å². The topological polar surface area (TPSA) is 67.9 Å². The second-order valence-corrected chi connectivity index (χ2v) is 7.85. The lowest BCUT2D eigenvalue weighted by molar-refractivity contribution is -0.142. The molecule has 0 fully saturated rings. The van der Waals surface area contributed by atoms with E-state index in [1.54, 1.807) is 36.3 Å². The molecule has 31 heavy (non-hydrogen) atoms. The summed E-state index contributed by atoms with van der Waals surface area (Å²) in [6.45, 7) is 6.91. The number of ether oxygens (including phenoxy) is 2. The molecule has 1 atom stereocenters. The van der Waals surface area contributed by atoms with E-state index >= 15 is 0 Å². The first-order chi connectivity index (χ1) is 14.9. The van der Waals surface area contributed by atoms with Crippen molar-refractivity contribution in [3.05, 3.63) is 60.2 Å². The van der Waals surface area contributed by atoms with Crippen molar-refractivity contribution < 1.29 is 19.1 Å². The highest BCUT2D eigenvalue weighted by molar-refractivity contribution is 5.88. The number of carbonyl (C=O) groups excluding carboxylic acids is 2. The summed E-state index contributed by atoms with van der Waals surface area (Å²) in [6.07, 6.45) is 1.20. The van der Waals surface area contributed by atoms with Crippen LogP contribution >= 0.6 is 0 Å². The fourth-order valence-electron chi connectivity index (χ4n) is 3.22. The molecule has 2 aromatic rings. The van der Waals surface area contributed by atoms with Crippen molar-refractivity contribution in [2.75, 3.05) is 26.8 Å². The van der Waals surface area contributed by atoms with E-state index in [-0.39, 0.29) is 18.4 Å². The van der Waals surface area contributed by atoms with Crippen LogP contribution in [-0.2, 0) is 16.0 Å². The van der Waals surface area contributed by atoms with Gasteiger partial charge in [-0.25, -0.2) is 0 Å². The zero-order valence-corrected chi connectivity index (χ0v) is 19.0. The van der Waals surface area contributed by atoms with E-state index in [2.05, 4.69) is 5.32 Å². The molecule has 168 valence electrons. The standard InChI is InChI=1S/C25H34N2O4/c1-5-23(25(29)26-17-19(2)3)27(16-15-20-9-7-6-8-10-20)24(28)18-31-22-13-11-21(30-4)12-14-22/h6-14,19,23H,5,15-18H2,1-4H3,(H,26,29)/t23-/m0/s1. The molecule has 2 aromatic carbocycles. The van der Waals surface area contributed by atoms with Gasteiger partial charge in [-0.1, -0.05) is 51.1 Å². The molecule has 0 aromatic heterocycles. The Hall–Kier alpha value is -3.02. The minimum absolute atomic E-state index is 0.123. The Balaban J connectivity index is 2.09. The van der Waals surface area contributed by atoms with E-state index < -0.39 is 6.04 Å². The van der Waals surface area contributed by atoms with Crippen LogP contribution in [0.1, 0.15) is 32.8 Å².